The highest BCUT2D eigenvalue weighted by Crippen LogP contribution is 2.52. The van der Waals surface area contributed by atoms with Gasteiger partial charge < -0.3 is 9.13 Å². The second-order valence-electron chi connectivity index (χ2n) is 18.7. The molecule has 2 heterocycles. The van der Waals surface area contributed by atoms with Crippen LogP contribution in [-0.4, -0.2) is 15.3 Å². The summed E-state index contributed by atoms with van der Waals surface area (Å²) in [5.41, 5.74) is 22.4. The average molecular weight is 870 g/mol. The molecule has 0 N–H and O–H groups in total. The van der Waals surface area contributed by atoms with Crippen LogP contribution in [0.4, 0.5) is 0 Å². The number of benzene rings is 8. The van der Waals surface area contributed by atoms with Gasteiger partial charge in [-0.25, -0.2) is 0 Å². The Labute approximate surface area is 396 Å². The lowest BCUT2D eigenvalue weighted by Crippen LogP contribution is -2.21. The molecular formula is C65H47N3. The lowest BCUT2D eigenvalue weighted by Gasteiger charge is -2.33. The van der Waals surface area contributed by atoms with Crippen molar-refractivity contribution in [3.05, 3.63) is 258 Å². The van der Waals surface area contributed by atoms with Crippen LogP contribution in [-0.2, 0) is 0 Å². The third-order valence-corrected chi connectivity index (χ3v) is 14.7. The van der Waals surface area contributed by atoms with Gasteiger partial charge in [0.05, 0.1) is 27.8 Å². The summed E-state index contributed by atoms with van der Waals surface area (Å²) < 4.78 is 4.80. The standard InChI is InChI=1S/C65H47N3/c1-42-53-21-13-35-65(3)36-14-22-54(64(53)65)59(42)41-66-43(2)44-23-29-52(30-24-44)68-62-32-26-48(46-17-9-5-10-18-46)38-56(62)58-40-50(28-34-63(58)68)49-27-33-61-57(39-49)55-37-47(45-15-7-4-8-16-45)25-31-60(55)67(61)51-19-11-6-12-20-51/h4-34,36-41H,2,35H2,1,3H3. The lowest BCUT2D eigenvalue weighted by molar-refractivity contribution is 0.519. The SMILES string of the molecule is C=C(N=CC1=C(C)C2=C3C1=CC=CC3(C)CC=C2)c1ccc(-n2c3ccc(-c4ccccc4)cc3c3cc(-c4ccc5c(c4)c4cc(-c6ccccc6)ccc4n5-c4ccccc4)ccc32)cc1. The van der Waals surface area contributed by atoms with Crippen LogP contribution in [0.5, 0.6) is 0 Å². The molecule has 0 aliphatic heterocycles. The fourth-order valence-corrected chi connectivity index (χ4v) is 11.2. The molecule has 0 saturated heterocycles. The van der Waals surface area contributed by atoms with Gasteiger partial charge in [0.2, 0.25) is 0 Å². The van der Waals surface area contributed by atoms with Crippen LogP contribution in [0, 0.1) is 5.41 Å². The molecule has 0 spiro atoms. The number of para-hydroxylation sites is 1. The minimum Gasteiger partial charge on any atom is -0.309 e. The van der Waals surface area contributed by atoms with Crippen molar-refractivity contribution in [3.63, 3.8) is 0 Å². The van der Waals surface area contributed by atoms with Crippen LogP contribution in [0.2, 0.25) is 0 Å². The predicted octanol–water partition coefficient (Wildman–Crippen LogP) is 17.0. The zero-order chi connectivity index (χ0) is 45.5. The van der Waals surface area contributed by atoms with Gasteiger partial charge in [-0.05, 0) is 147 Å². The highest BCUT2D eigenvalue weighted by Gasteiger charge is 2.39. The van der Waals surface area contributed by atoms with E-state index in [-0.39, 0.29) is 5.41 Å². The maximum atomic E-state index is 4.99. The van der Waals surface area contributed by atoms with E-state index in [0.29, 0.717) is 0 Å². The van der Waals surface area contributed by atoms with Gasteiger partial charge in [0, 0.05) is 50.1 Å². The Morgan fingerprint density at radius 2 is 1.00 bits per heavy atom. The Bertz CT molecular complexity index is 3920. The first-order valence-electron chi connectivity index (χ1n) is 23.6. The first-order chi connectivity index (χ1) is 33.4. The second-order valence-corrected chi connectivity index (χ2v) is 18.7. The molecular weight excluding hydrogens is 823 g/mol. The molecule has 0 radical (unpaired) electrons. The van der Waals surface area contributed by atoms with Gasteiger partial charge >= 0.3 is 0 Å². The molecule has 0 amide bonds. The van der Waals surface area contributed by atoms with E-state index < -0.39 is 0 Å². The smallest absolute Gasteiger partial charge is 0.0630 e. The Hall–Kier alpha value is -8.53. The number of allylic oxidation sites excluding steroid dienone is 10. The molecule has 322 valence electrons. The third-order valence-electron chi connectivity index (χ3n) is 14.7. The first-order valence-corrected chi connectivity index (χ1v) is 23.6. The Kier molecular flexibility index (Phi) is 9.10. The van der Waals surface area contributed by atoms with E-state index in [1.165, 1.54) is 93.8 Å². The number of hydrogen-bond donors (Lipinski definition) is 0. The number of aliphatic imine (C=N–C) groups is 1. The molecule has 3 aliphatic carbocycles. The van der Waals surface area contributed by atoms with Gasteiger partial charge in [-0.3, -0.25) is 4.99 Å². The molecule has 1 atom stereocenters. The third kappa shape index (κ3) is 6.31. The molecule has 3 aliphatic rings. The van der Waals surface area contributed by atoms with Crippen molar-refractivity contribution < 1.29 is 0 Å². The molecule has 2 aromatic heterocycles. The van der Waals surface area contributed by atoms with Gasteiger partial charge in [0.1, 0.15) is 0 Å². The van der Waals surface area contributed by atoms with Crippen molar-refractivity contribution >= 4 is 55.5 Å². The molecule has 1 unspecified atom stereocenters. The summed E-state index contributed by atoms with van der Waals surface area (Å²) in [6.45, 7) is 9.01. The van der Waals surface area contributed by atoms with Gasteiger partial charge in [-0.2, -0.15) is 0 Å². The molecule has 10 aromatic rings. The zero-order valence-electron chi connectivity index (χ0n) is 38.1. The normalized spacial score (nSPS) is 16.5. The van der Waals surface area contributed by atoms with E-state index in [4.69, 9.17) is 4.99 Å². The quantitative estimate of drug-likeness (QED) is 0.136. The first kappa shape index (κ1) is 39.8. The molecule has 8 aromatic carbocycles. The van der Waals surface area contributed by atoms with Gasteiger partial charge in [0.25, 0.3) is 0 Å². The minimum atomic E-state index is 0.0306. The van der Waals surface area contributed by atoms with Crippen LogP contribution in [0.15, 0.2) is 258 Å². The predicted molar refractivity (Wildman–Crippen MR) is 288 cm³/mol. The van der Waals surface area contributed by atoms with Gasteiger partial charge in [0.15, 0.2) is 0 Å². The van der Waals surface area contributed by atoms with Crippen molar-refractivity contribution in [2.24, 2.45) is 10.4 Å². The highest BCUT2D eigenvalue weighted by molar-refractivity contribution is 6.14. The molecule has 0 fully saturated rings. The second kappa shape index (κ2) is 15.5. The van der Waals surface area contributed by atoms with E-state index in [0.717, 1.165) is 40.1 Å². The summed E-state index contributed by atoms with van der Waals surface area (Å²) in [5, 5.41) is 4.89. The summed E-state index contributed by atoms with van der Waals surface area (Å²) in [6, 6.07) is 68.5. The molecule has 0 bridgehead atoms. The van der Waals surface area contributed by atoms with Crippen molar-refractivity contribution in [2.75, 3.05) is 0 Å². The van der Waals surface area contributed by atoms with E-state index in [9.17, 15) is 0 Å². The van der Waals surface area contributed by atoms with Crippen molar-refractivity contribution in [1.82, 2.24) is 9.13 Å². The van der Waals surface area contributed by atoms with Crippen LogP contribution in [0.25, 0.3) is 94.1 Å². The monoisotopic (exact) mass is 869 g/mol. The summed E-state index contributed by atoms with van der Waals surface area (Å²) in [6.07, 6.45) is 14.4. The molecule has 13 rings (SSSR count). The fourth-order valence-electron chi connectivity index (χ4n) is 11.2. The summed E-state index contributed by atoms with van der Waals surface area (Å²) in [5.74, 6) is 0. The maximum Gasteiger partial charge on any atom is 0.0630 e. The van der Waals surface area contributed by atoms with Crippen LogP contribution in [0.1, 0.15) is 25.8 Å². The van der Waals surface area contributed by atoms with Crippen molar-refractivity contribution in [2.45, 2.75) is 20.3 Å². The Morgan fingerprint density at radius 3 is 1.50 bits per heavy atom. The average Bonchev–Trinajstić information content (AvgIpc) is 4.00. The zero-order valence-corrected chi connectivity index (χ0v) is 38.1. The number of hydrogen-bond acceptors (Lipinski definition) is 1. The van der Waals surface area contributed by atoms with Crippen LogP contribution >= 0.6 is 0 Å². The largest absolute Gasteiger partial charge is 0.309 e. The fraction of sp³-hybridized carbons (Fsp3) is 0.0615. The van der Waals surface area contributed by atoms with Crippen molar-refractivity contribution in [3.8, 4) is 44.8 Å². The van der Waals surface area contributed by atoms with Gasteiger partial charge in [-0.1, -0.05) is 159 Å². The Morgan fingerprint density at radius 1 is 0.544 bits per heavy atom. The summed E-state index contributed by atoms with van der Waals surface area (Å²) in [4.78, 5) is 4.99. The topological polar surface area (TPSA) is 22.2 Å². The molecule has 3 heteroatoms. The summed E-state index contributed by atoms with van der Waals surface area (Å²) >= 11 is 0. The van der Waals surface area contributed by atoms with E-state index in [1.54, 1.807) is 0 Å². The van der Waals surface area contributed by atoms with E-state index in [2.05, 4.69) is 248 Å². The molecule has 0 saturated carbocycles. The van der Waals surface area contributed by atoms with E-state index in [1.807, 2.05) is 6.21 Å². The highest BCUT2D eigenvalue weighted by atomic mass is 15.0. The molecule has 3 nitrogen and oxygen atoms in total. The molecule has 68 heavy (non-hydrogen) atoms. The van der Waals surface area contributed by atoms with Crippen molar-refractivity contribution in [1.29, 1.82) is 0 Å². The van der Waals surface area contributed by atoms with Gasteiger partial charge in [-0.15, -0.1) is 0 Å². The number of fused-ring (bicyclic) bond motifs is 6. The maximum absolute atomic E-state index is 4.99. The lowest BCUT2D eigenvalue weighted by atomic mass is 9.70. The van der Waals surface area contributed by atoms with Crippen LogP contribution < -0.4 is 0 Å². The number of rotatable bonds is 8. The Balaban J connectivity index is 0.904. The number of nitrogens with zero attached hydrogens (tertiary/aromatic N) is 3. The van der Waals surface area contributed by atoms with Crippen LogP contribution in [0.3, 0.4) is 0 Å². The minimum absolute atomic E-state index is 0.0306. The van der Waals surface area contributed by atoms with E-state index >= 15 is 0 Å². The number of aromatic nitrogens is 2. The summed E-state index contributed by atoms with van der Waals surface area (Å²) in [7, 11) is 0.